The van der Waals surface area contributed by atoms with Gasteiger partial charge in [0.2, 0.25) is 0 Å². The fraction of sp³-hybridized carbons (Fsp3) is 0. The molecule has 0 N–H and O–H groups in total. The van der Waals surface area contributed by atoms with Gasteiger partial charge in [-0.25, -0.2) is 15.0 Å². The SMILES string of the molecule is Bc1c(B)c(B)c(-c2nc(-c3ccc4c(c3)oc3ccc(-n5c6ccccc6c6ccc(-c7ccccc7)cc65)cc34)nc(-c3c(B)c(B)c(B)c(B)c3B)n2)c(B)c1B. The second kappa shape index (κ2) is 14.2. The summed E-state index contributed by atoms with van der Waals surface area (Å²) >= 11 is 0. The molecular formula is C45H38B10N4O. The molecule has 0 aliphatic rings. The van der Waals surface area contributed by atoms with Crippen molar-refractivity contribution in [2.24, 2.45) is 0 Å². The third-order valence-electron chi connectivity index (χ3n) is 13.8. The maximum absolute atomic E-state index is 6.65. The monoisotopic (exact) mass is 760 g/mol. The Labute approximate surface area is 359 Å². The van der Waals surface area contributed by atoms with Gasteiger partial charge in [-0.3, -0.25) is 0 Å². The lowest BCUT2D eigenvalue weighted by atomic mass is 9.60. The van der Waals surface area contributed by atoms with Crippen LogP contribution in [0.25, 0.3) is 94.7 Å². The molecule has 60 heavy (non-hydrogen) atoms. The summed E-state index contributed by atoms with van der Waals surface area (Å²) in [5.41, 5.74) is 23.0. The predicted molar refractivity (Wildman–Crippen MR) is 285 cm³/mol. The van der Waals surface area contributed by atoms with E-state index in [9.17, 15) is 0 Å². The van der Waals surface area contributed by atoms with Crippen LogP contribution in [0.2, 0.25) is 0 Å². The van der Waals surface area contributed by atoms with Crippen molar-refractivity contribution in [1.29, 1.82) is 0 Å². The molecule has 0 atom stereocenters. The Balaban J connectivity index is 1.16. The Morgan fingerprint density at radius 2 is 0.867 bits per heavy atom. The molecule has 0 saturated carbocycles. The molecule has 0 radical (unpaired) electrons. The van der Waals surface area contributed by atoms with Crippen molar-refractivity contribution in [2.45, 2.75) is 0 Å². The van der Waals surface area contributed by atoms with E-state index < -0.39 is 0 Å². The van der Waals surface area contributed by atoms with Crippen molar-refractivity contribution in [2.75, 3.05) is 0 Å². The van der Waals surface area contributed by atoms with Crippen LogP contribution >= 0.6 is 0 Å². The van der Waals surface area contributed by atoms with Gasteiger partial charge in [0.1, 0.15) is 89.6 Å². The number of nitrogens with zero attached hydrogens (tertiary/aromatic N) is 4. The minimum Gasteiger partial charge on any atom is -0.456 e. The van der Waals surface area contributed by atoms with E-state index in [0.717, 1.165) is 44.3 Å². The number of hydrogen-bond donors (Lipinski definition) is 0. The molecule has 0 aliphatic carbocycles. The van der Waals surface area contributed by atoms with E-state index in [1.165, 1.54) is 87.6 Å². The number of aromatic nitrogens is 4. The molecule has 0 spiro atoms. The summed E-state index contributed by atoms with van der Waals surface area (Å²) < 4.78 is 9.04. The summed E-state index contributed by atoms with van der Waals surface area (Å²) in [7, 11) is 22.0. The van der Waals surface area contributed by atoms with E-state index in [0.29, 0.717) is 17.5 Å². The number of furan rings is 1. The minimum atomic E-state index is 0.627. The lowest BCUT2D eigenvalue weighted by Gasteiger charge is -2.22. The van der Waals surface area contributed by atoms with Gasteiger partial charge in [-0.05, 0) is 53.6 Å². The zero-order valence-corrected chi connectivity index (χ0v) is 36.1. The lowest BCUT2D eigenvalue weighted by Crippen LogP contribution is -2.55. The second-order valence-electron chi connectivity index (χ2n) is 16.8. The van der Waals surface area contributed by atoms with E-state index in [1.807, 2.05) is 0 Å². The number of benzene rings is 7. The third kappa shape index (κ3) is 5.80. The van der Waals surface area contributed by atoms with Crippen LogP contribution in [0.3, 0.4) is 0 Å². The molecule has 3 aromatic heterocycles. The summed E-state index contributed by atoms with van der Waals surface area (Å²) in [5.74, 6) is 2.02. The highest BCUT2D eigenvalue weighted by atomic mass is 16.3. The summed E-state index contributed by atoms with van der Waals surface area (Å²) in [6.07, 6.45) is 0. The minimum absolute atomic E-state index is 0.627. The summed E-state index contributed by atoms with van der Waals surface area (Å²) in [6, 6.07) is 39.0. The van der Waals surface area contributed by atoms with Crippen molar-refractivity contribution in [3.05, 3.63) is 109 Å². The van der Waals surface area contributed by atoms with E-state index in [1.54, 1.807) is 0 Å². The van der Waals surface area contributed by atoms with Crippen LogP contribution in [0.4, 0.5) is 0 Å². The highest BCUT2D eigenvalue weighted by Crippen LogP contribution is 2.38. The first-order chi connectivity index (χ1) is 28.9. The fourth-order valence-corrected chi connectivity index (χ4v) is 9.50. The molecule has 15 heteroatoms. The first-order valence-electron chi connectivity index (χ1n) is 20.9. The molecule has 0 unspecified atom stereocenters. The molecule has 0 fully saturated rings. The van der Waals surface area contributed by atoms with Gasteiger partial charge in [0.05, 0.1) is 11.0 Å². The van der Waals surface area contributed by atoms with Gasteiger partial charge in [-0.2, -0.15) is 0 Å². The standard InChI is InChI=1S/C45H38B10N4O/c46-33-31(34(47)38(51)41(54)37(33)50)44-56-43(57-45(58-44)32-35(48)39(52)42(55)40(53)36(32)49)21-11-14-25-26-18-22(12-15-29(26)60-30(25)17-21)59-27-9-5-4-8-23(27)24-13-10-20(16-28(24)59)19-6-2-1-3-7-19/h1-18H,46-55H2. The highest BCUT2D eigenvalue weighted by molar-refractivity contribution is 6.70. The molecule has 10 aromatic rings. The molecular weight excluding hydrogens is 721 g/mol. The van der Waals surface area contributed by atoms with Crippen molar-refractivity contribution in [1.82, 2.24) is 19.5 Å². The maximum Gasteiger partial charge on any atom is 0.164 e. The van der Waals surface area contributed by atoms with Crippen molar-refractivity contribution >= 4 is 177 Å². The summed E-state index contributed by atoms with van der Waals surface area (Å²) in [6.45, 7) is 0. The number of fused-ring (bicyclic) bond motifs is 6. The highest BCUT2D eigenvalue weighted by Gasteiger charge is 2.23. The Morgan fingerprint density at radius 1 is 0.350 bits per heavy atom. The van der Waals surface area contributed by atoms with E-state index in [2.05, 4.69) is 192 Å². The second-order valence-corrected chi connectivity index (χ2v) is 16.8. The fourth-order valence-electron chi connectivity index (χ4n) is 9.50. The molecule has 10 rings (SSSR count). The molecule has 5 nitrogen and oxygen atoms in total. The summed E-state index contributed by atoms with van der Waals surface area (Å²) in [5, 5.41) is 4.56. The Kier molecular flexibility index (Phi) is 9.02. The largest absolute Gasteiger partial charge is 0.456 e. The van der Waals surface area contributed by atoms with E-state index in [-0.39, 0.29) is 0 Å². The van der Waals surface area contributed by atoms with Gasteiger partial charge in [0, 0.05) is 43.9 Å². The van der Waals surface area contributed by atoms with Crippen LogP contribution in [0.5, 0.6) is 0 Å². The van der Waals surface area contributed by atoms with Crippen LogP contribution in [0.15, 0.2) is 114 Å². The normalized spacial score (nSPS) is 11.7. The number of hydrogen-bond acceptors (Lipinski definition) is 4. The van der Waals surface area contributed by atoms with Gasteiger partial charge >= 0.3 is 0 Å². The van der Waals surface area contributed by atoms with Gasteiger partial charge in [0.15, 0.2) is 17.5 Å². The molecule has 274 valence electrons. The van der Waals surface area contributed by atoms with Gasteiger partial charge < -0.3 is 8.98 Å². The topological polar surface area (TPSA) is 56.7 Å². The van der Waals surface area contributed by atoms with E-state index >= 15 is 0 Å². The zero-order chi connectivity index (χ0) is 41.7. The number of rotatable bonds is 5. The zero-order valence-electron chi connectivity index (χ0n) is 36.1. The van der Waals surface area contributed by atoms with Crippen LogP contribution < -0.4 is 54.6 Å². The Bertz CT molecular complexity index is 3310. The molecule has 3 heterocycles. The van der Waals surface area contributed by atoms with Crippen molar-refractivity contribution in [3.8, 4) is 51.0 Å². The van der Waals surface area contributed by atoms with Crippen LogP contribution in [-0.4, -0.2) is 98.0 Å². The average molecular weight is 759 g/mol. The first-order valence-corrected chi connectivity index (χ1v) is 20.9. The van der Waals surface area contributed by atoms with Gasteiger partial charge in [0.25, 0.3) is 0 Å². The lowest BCUT2D eigenvalue weighted by molar-refractivity contribution is 0.669. The third-order valence-corrected chi connectivity index (χ3v) is 13.8. The van der Waals surface area contributed by atoms with E-state index in [4.69, 9.17) is 19.4 Å². The predicted octanol–water partition coefficient (Wildman–Crippen LogP) is -5.88. The number of para-hydroxylation sites is 1. The van der Waals surface area contributed by atoms with Crippen molar-refractivity contribution in [3.63, 3.8) is 0 Å². The van der Waals surface area contributed by atoms with Crippen molar-refractivity contribution < 1.29 is 4.42 Å². The van der Waals surface area contributed by atoms with Gasteiger partial charge in [-0.15, -0.1) is 32.8 Å². The Morgan fingerprint density at radius 3 is 1.50 bits per heavy atom. The molecule has 0 bridgehead atoms. The summed E-state index contributed by atoms with van der Waals surface area (Å²) in [4.78, 5) is 15.9. The molecule has 7 aromatic carbocycles. The van der Waals surface area contributed by atoms with Crippen LogP contribution in [0, 0.1) is 0 Å². The van der Waals surface area contributed by atoms with Crippen LogP contribution in [-0.2, 0) is 0 Å². The van der Waals surface area contributed by atoms with Crippen LogP contribution in [0.1, 0.15) is 0 Å². The quantitative estimate of drug-likeness (QED) is 0.165. The molecule has 0 saturated heterocycles. The van der Waals surface area contributed by atoms with Gasteiger partial charge in [-0.1, -0.05) is 88.6 Å². The maximum atomic E-state index is 6.65. The average Bonchev–Trinajstić information content (AvgIpc) is 3.81. The smallest absolute Gasteiger partial charge is 0.164 e. The molecule has 0 aliphatic heterocycles. The molecule has 0 amide bonds. The first kappa shape index (κ1) is 38.0. The Hall–Kier alpha value is -6.20.